The average molecular weight is 466 g/mol. The fourth-order valence-electron chi connectivity index (χ4n) is 4.28. The van der Waals surface area contributed by atoms with Crippen LogP contribution in [-0.4, -0.2) is 39.8 Å². The van der Waals surface area contributed by atoms with Crippen molar-refractivity contribution in [3.05, 3.63) is 71.2 Å². The molecule has 2 aromatic carbocycles. The number of hydrogen-bond donors (Lipinski definition) is 0. The number of nitrogens with zero attached hydrogens (tertiary/aromatic N) is 3. The van der Waals surface area contributed by atoms with Gasteiger partial charge in [0.05, 0.1) is 29.6 Å². The van der Waals surface area contributed by atoms with Gasteiger partial charge < -0.3 is 14.4 Å². The zero-order valence-electron chi connectivity index (χ0n) is 20.1. The zero-order chi connectivity index (χ0) is 24.1. The van der Waals surface area contributed by atoms with Crippen LogP contribution in [0.5, 0.6) is 11.6 Å². The molecule has 0 N–H and O–H groups in total. The number of aryl methyl sites for hydroxylation is 2. The number of carbonyl (C=O) groups excluding carboxylic acids is 1. The second-order valence-electron chi connectivity index (χ2n) is 8.65. The lowest BCUT2D eigenvalue weighted by atomic mass is 10.1. The van der Waals surface area contributed by atoms with Gasteiger partial charge in [-0.3, -0.25) is 4.79 Å². The largest absolute Gasteiger partial charge is 0.439 e. The number of halogens is 1. The number of hydrogen-bond acceptors (Lipinski definition) is 4. The smallest absolute Gasteiger partial charge is 0.227 e. The summed E-state index contributed by atoms with van der Waals surface area (Å²) in [6, 6.07) is 14.0. The molecule has 1 fully saturated rings. The van der Waals surface area contributed by atoms with Crippen molar-refractivity contribution in [2.45, 2.75) is 59.1 Å². The van der Waals surface area contributed by atoms with Gasteiger partial charge in [0.15, 0.2) is 0 Å². The SMILES string of the molecule is CCC(=O)N(Cc1c(CC)nn(-c2ccc(F)cc2)c1Oc1cccc(C)c1)C[C@@H]1CCCO1. The molecule has 1 aliphatic heterocycles. The molecule has 0 radical (unpaired) electrons. The van der Waals surface area contributed by atoms with Crippen LogP contribution >= 0.6 is 0 Å². The highest BCUT2D eigenvalue weighted by Crippen LogP contribution is 2.33. The predicted octanol–water partition coefficient (Wildman–Crippen LogP) is 5.59. The van der Waals surface area contributed by atoms with E-state index in [2.05, 4.69) is 0 Å². The summed E-state index contributed by atoms with van der Waals surface area (Å²) in [5, 5.41) is 4.82. The molecule has 2 heterocycles. The van der Waals surface area contributed by atoms with Crippen molar-refractivity contribution in [2.75, 3.05) is 13.2 Å². The molecule has 6 nitrogen and oxygen atoms in total. The molecule has 0 saturated carbocycles. The Morgan fingerprint density at radius 2 is 2.03 bits per heavy atom. The van der Waals surface area contributed by atoms with Crippen LogP contribution in [0, 0.1) is 12.7 Å². The Morgan fingerprint density at radius 1 is 1.24 bits per heavy atom. The van der Waals surface area contributed by atoms with Crippen molar-refractivity contribution >= 4 is 5.91 Å². The van der Waals surface area contributed by atoms with Crippen LogP contribution in [0.2, 0.25) is 0 Å². The predicted molar refractivity (Wildman–Crippen MR) is 129 cm³/mol. The summed E-state index contributed by atoms with van der Waals surface area (Å²) in [4.78, 5) is 14.7. The summed E-state index contributed by atoms with van der Waals surface area (Å²) in [6.45, 7) is 7.56. The van der Waals surface area contributed by atoms with E-state index in [0.717, 1.165) is 36.3 Å². The van der Waals surface area contributed by atoms with E-state index < -0.39 is 0 Å². The Labute approximate surface area is 200 Å². The van der Waals surface area contributed by atoms with Crippen LogP contribution in [0.3, 0.4) is 0 Å². The highest BCUT2D eigenvalue weighted by molar-refractivity contribution is 5.76. The van der Waals surface area contributed by atoms with Gasteiger partial charge in [-0.25, -0.2) is 9.07 Å². The van der Waals surface area contributed by atoms with E-state index >= 15 is 0 Å². The summed E-state index contributed by atoms with van der Waals surface area (Å²) < 4.78 is 27.6. The molecule has 0 spiro atoms. The summed E-state index contributed by atoms with van der Waals surface area (Å²) in [6.07, 6.45) is 3.10. The fourth-order valence-corrected chi connectivity index (χ4v) is 4.28. The van der Waals surface area contributed by atoms with Gasteiger partial charge in [-0.1, -0.05) is 26.0 Å². The van der Waals surface area contributed by atoms with Crippen LogP contribution in [0.4, 0.5) is 4.39 Å². The van der Waals surface area contributed by atoms with Gasteiger partial charge in [-0.15, -0.1) is 0 Å². The van der Waals surface area contributed by atoms with Gasteiger partial charge in [0.2, 0.25) is 11.8 Å². The van der Waals surface area contributed by atoms with Gasteiger partial charge in [0.1, 0.15) is 11.6 Å². The fraction of sp³-hybridized carbons (Fsp3) is 0.407. The van der Waals surface area contributed by atoms with Crippen molar-refractivity contribution in [3.8, 4) is 17.3 Å². The first-order valence-corrected chi connectivity index (χ1v) is 12.0. The summed E-state index contributed by atoms with van der Waals surface area (Å²) in [7, 11) is 0. The van der Waals surface area contributed by atoms with Crippen molar-refractivity contribution in [3.63, 3.8) is 0 Å². The van der Waals surface area contributed by atoms with E-state index in [1.807, 2.05) is 49.9 Å². The standard InChI is InChI=1S/C27H32FN3O3/c1-4-25-24(18-30(26(32)5-2)17-23-10-7-15-33-23)27(34-22-9-6-8-19(3)16-22)31(29-25)21-13-11-20(28)12-14-21/h6,8-9,11-14,16,23H,4-5,7,10,15,17-18H2,1-3H3/t23-/m0/s1. The first kappa shape index (κ1) is 24.0. The molecule has 34 heavy (non-hydrogen) atoms. The minimum absolute atomic E-state index is 0.0499. The summed E-state index contributed by atoms with van der Waals surface area (Å²) in [5.74, 6) is 0.966. The minimum Gasteiger partial charge on any atom is -0.439 e. The van der Waals surface area contributed by atoms with E-state index in [4.69, 9.17) is 14.6 Å². The van der Waals surface area contributed by atoms with Crippen LogP contribution < -0.4 is 4.74 Å². The normalized spacial score (nSPS) is 15.5. The van der Waals surface area contributed by atoms with Gasteiger partial charge >= 0.3 is 0 Å². The molecule has 4 rings (SSSR count). The molecular weight excluding hydrogens is 433 g/mol. The maximum Gasteiger partial charge on any atom is 0.227 e. The number of carbonyl (C=O) groups is 1. The van der Waals surface area contributed by atoms with E-state index in [1.54, 1.807) is 16.8 Å². The Bertz CT molecular complexity index is 1120. The first-order chi connectivity index (χ1) is 16.5. The maximum absolute atomic E-state index is 13.6. The lowest BCUT2D eigenvalue weighted by molar-refractivity contribution is -0.133. The van der Waals surface area contributed by atoms with Crippen LogP contribution in [0.15, 0.2) is 48.5 Å². The Morgan fingerprint density at radius 3 is 2.68 bits per heavy atom. The molecular formula is C27H32FN3O3. The van der Waals surface area contributed by atoms with Crippen molar-refractivity contribution in [1.29, 1.82) is 0 Å². The topological polar surface area (TPSA) is 56.6 Å². The highest BCUT2D eigenvalue weighted by Gasteiger charge is 2.27. The molecule has 0 unspecified atom stereocenters. The Hall–Kier alpha value is -3.19. The molecule has 7 heteroatoms. The molecule has 0 bridgehead atoms. The molecule has 3 aromatic rings. The molecule has 1 aromatic heterocycles. The summed E-state index contributed by atoms with van der Waals surface area (Å²) in [5.41, 5.74) is 3.46. The zero-order valence-corrected chi connectivity index (χ0v) is 20.1. The lowest BCUT2D eigenvalue weighted by Gasteiger charge is -2.25. The quantitative estimate of drug-likeness (QED) is 0.413. The second-order valence-corrected chi connectivity index (χ2v) is 8.65. The van der Waals surface area contributed by atoms with E-state index in [-0.39, 0.29) is 17.8 Å². The molecule has 1 amide bonds. The number of ether oxygens (including phenoxy) is 2. The van der Waals surface area contributed by atoms with E-state index in [9.17, 15) is 9.18 Å². The van der Waals surface area contributed by atoms with E-state index in [0.29, 0.717) is 43.2 Å². The van der Waals surface area contributed by atoms with Crippen molar-refractivity contribution < 1.29 is 18.7 Å². The van der Waals surface area contributed by atoms with Crippen LogP contribution in [0.1, 0.15) is 49.9 Å². The molecule has 180 valence electrons. The second kappa shape index (κ2) is 10.8. The average Bonchev–Trinajstić information content (AvgIpc) is 3.47. The number of benzene rings is 2. The third-order valence-corrected chi connectivity index (χ3v) is 6.08. The van der Waals surface area contributed by atoms with Gasteiger partial charge in [-0.2, -0.15) is 5.10 Å². The van der Waals surface area contributed by atoms with Crippen molar-refractivity contribution in [2.24, 2.45) is 0 Å². The number of rotatable bonds is 9. The first-order valence-electron chi connectivity index (χ1n) is 12.0. The maximum atomic E-state index is 13.6. The summed E-state index contributed by atoms with van der Waals surface area (Å²) >= 11 is 0. The molecule has 1 aliphatic rings. The van der Waals surface area contributed by atoms with Gasteiger partial charge in [0.25, 0.3) is 0 Å². The lowest BCUT2D eigenvalue weighted by Crippen LogP contribution is -2.36. The Balaban J connectivity index is 1.77. The molecule has 1 atom stereocenters. The molecule has 1 saturated heterocycles. The third kappa shape index (κ3) is 5.47. The van der Waals surface area contributed by atoms with Gasteiger partial charge in [-0.05, 0) is 68.1 Å². The van der Waals surface area contributed by atoms with Crippen LogP contribution in [-0.2, 0) is 22.5 Å². The minimum atomic E-state index is -0.315. The third-order valence-electron chi connectivity index (χ3n) is 6.08. The number of amides is 1. The highest BCUT2D eigenvalue weighted by atomic mass is 19.1. The van der Waals surface area contributed by atoms with Gasteiger partial charge in [0, 0.05) is 19.6 Å². The van der Waals surface area contributed by atoms with Crippen LogP contribution in [0.25, 0.3) is 5.69 Å². The monoisotopic (exact) mass is 465 g/mol. The number of aromatic nitrogens is 2. The molecule has 0 aliphatic carbocycles. The van der Waals surface area contributed by atoms with Crippen molar-refractivity contribution in [1.82, 2.24) is 14.7 Å². The van der Waals surface area contributed by atoms with E-state index in [1.165, 1.54) is 12.1 Å². The Kier molecular flexibility index (Phi) is 7.63.